The highest BCUT2D eigenvalue weighted by Gasteiger charge is 2.35. The molecule has 3 rings (SSSR count). The topological polar surface area (TPSA) is 61.8 Å². The monoisotopic (exact) mass is 455 g/mol. The predicted molar refractivity (Wildman–Crippen MR) is 112 cm³/mol. The van der Waals surface area contributed by atoms with Gasteiger partial charge in [0.15, 0.2) is 5.17 Å². The maximum atomic E-state index is 13.0. The molecule has 0 radical (unpaired) electrons. The Hall–Kier alpha value is -2.52. The van der Waals surface area contributed by atoms with E-state index in [0.717, 1.165) is 23.9 Å². The summed E-state index contributed by atoms with van der Waals surface area (Å²) in [6.45, 7) is 2.02. The zero-order valence-electron chi connectivity index (χ0n) is 15.7. The first-order valence-corrected chi connectivity index (χ1v) is 10.2. The van der Waals surface area contributed by atoms with E-state index in [9.17, 15) is 22.8 Å². The van der Waals surface area contributed by atoms with Crippen molar-refractivity contribution in [1.29, 1.82) is 0 Å². The minimum absolute atomic E-state index is 0.0421. The number of carbonyl (C=O) groups is 2. The maximum Gasteiger partial charge on any atom is 0.416 e. The molecule has 10 heteroatoms. The highest BCUT2D eigenvalue weighted by atomic mass is 35.5. The van der Waals surface area contributed by atoms with Gasteiger partial charge in [-0.25, -0.2) is 4.99 Å². The molecule has 158 valence electrons. The quantitative estimate of drug-likeness (QED) is 0.677. The Balaban J connectivity index is 1.84. The summed E-state index contributed by atoms with van der Waals surface area (Å²) >= 11 is 6.87. The van der Waals surface area contributed by atoms with Gasteiger partial charge in [-0.15, -0.1) is 0 Å². The number of benzene rings is 2. The van der Waals surface area contributed by atoms with Crippen LogP contribution in [-0.2, 0) is 15.8 Å². The Labute approximate surface area is 180 Å². The van der Waals surface area contributed by atoms with Gasteiger partial charge in [0.05, 0.1) is 11.3 Å². The van der Waals surface area contributed by atoms with Crippen molar-refractivity contribution in [2.24, 2.45) is 4.99 Å². The highest BCUT2D eigenvalue weighted by Crippen LogP contribution is 2.33. The van der Waals surface area contributed by atoms with Crippen LogP contribution < -0.4 is 5.32 Å². The largest absolute Gasteiger partial charge is 0.416 e. The molecule has 1 heterocycles. The van der Waals surface area contributed by atoms with E-state index in [0.29, 0.717) is 10.7 Å². The number of amides is 2. The van der Waals surface area contributed by atoms with Gasteiger partial charge >= 0.3 is 6.18 Å². The summed E-state index contributed by atoms with van der Waals surface area (Å²) in [5.41, 5.74) is -0.263. The van der Waals surface area contributed by atoms with Crippen LogP contribution in [0.5, 0.6) is 0 Å². The molecule has 30 heavy (non-hydrogen) atoms. The van der Waals surface area contributed by atoms with Gasteiger partial charge in [0.1, 0.15) is 5.25 Å². The number of nitrogens with one attached hydrogen (secondary N) is 1. The van der Waals surface area contributed by atoms with Crippen molar-refractivity contribution in [2.45, 2.75) is 24.8 Å². The summed E-state index contributed by atoms with van der Waals surface area (Å²) in [7, 11) is 0. The molecule has 1 saturated heterocycles. The molecular weight excluding hydrogens is 439 g/mol. The lowest BCUT2D eigenvalue weighted by atomic mass is 10.2. The Kier molecular flexibility index (Phi) is 6.72. The number of amidine groups is 1. The van der Waals surface area contributed by atoms with E-state index >= 15 is 0 Å². The van der Waals surface area contributed by atoms with Crippen LogP contribution in [0.1, 0.15) is 18.9 Å². The van der Waals surface area contributed by atoms with E-state index in [1.807, 2.05) is 0 Å². The van der Waals surface area contributed by atoms with Crippen LogP contribution in [0, 0.1) is 0 Å². The Morgan fingerprint density at radius 3 is 2.60 bits per heavy atom. The molecule has 0 aromatic heterocycles. The number of hydrogen-bond donors (Lipinski definition) is 1. The molecule has 0 spiro atoms. The van der Waals surface area contributed by atoms with Gasteiger partial charge in [0.2, 0.25) is 11.8 Å². The molecule has 1 aliphatic heterocycles. The predicted octanol–water partition coefficient (Wildman–Crippen LogP) is 5.34. The number of anilines is 1. The molecule has 1 N–H and O–H groups in total. The molecule has 1 aliphatic rings. The van der Waals surface area contributed by atoms with Gasteiger partial charge < -0.3 is 5.32 Å². The Morgan fingerprint density at radius 1 is 1.27 bits per heavy atom. The molecular formula is C20H17ClF3N3O2S. The van der Waals surface area contributed by atoms with Crippen LogP contribution >= 0.6 is 23.4 Å². The molecule has 0 saturated carbocycles. The molecule has 0 aliphatic carbocycles. The Bertz CT molecular complexity index is 980. The van der Waals surface area contributed by atoms with E-state index < -0.39 is 22.9 Å². The van der Waals surface area contributed by atoms with Crippen molar-refractivity contribution < 1.29 is 22.8 Å². The highest BCUT2D eigenvalue weighted by molar-refractivity contribution is 8.15. The number of nitrogens with zero attached hydrogens (tertiary/aromatic N) is 2. The van der Waals surface area contributed by atoms with E-state index in [-0.39, 0.29) is 29.7 Å². The molecule has 1 atom stereocenters. The number of thioether (sulfide) groups is 1. The van der Waals surface area contributed by atoms with Gasteiger partial charge in [-0.3, -0.25) is 14.5 Å². The number of alkyl halides is 3. The fourth-order valence-corrected chi connectivity index (χ4v) is 4.06. The first-order valence-electron chi connectivity index (χ1n) is 8.96. The average molecular weight is 456 g/mol. The zero-order chi connectivity index (χ0) is 21.9. The minimum Gasteiger partial charge on any atom is -0.325 e. The van der Waals surface area contributed by atoms with Gasteiger partial charge in [0, 0.05) is 23.7 Å². The second kappa shape index (κ2) is 9.09. The smallest absolute Gasteiger partial charge is 0.325 e. The van der Waals surface area contributed by atoms with Gasteiger partial charge in [-0.05, 0) is 49.4 Å². The van der Waals surface area contributed by atoms with Crippen molar-refractivity contribution >= 4 is 51.7 Å². The first-order chi connectivity index (χ1) is 14.2. The maximum absolute atomic E-state index is 13.0. The zero-order valence-corrected chi connectivity index (χ0v) is 17.3. The number of rotatable bonds is 4. The van der Waals surface area contributed by atoms with Gasteiger partial charge in [-0.2, -0.15) is 13.2 Å². The van der Waals surface area contributed by atoms with Crippen molar-refractivity contribution in [1.82, 2.24) is 4.90 Å². The van der Waals surface area contributed by atoms with E-state index in [1.54, 1.807) is 31.2 Å². The molecule has 1 fully saturated rings. The van der Waals surface area contributed by atoms with E-state index in [1.165, 1.54) is 17.0 Å². The molecule has 5 nitrogen and oxygen atoms in total. The summed E-state index contributed by atoms with van der Waals surface area (Å²) in [4.78, 5) is 30.7. The van der Waals surface area contributed by atoms with Crippen molar-refractivity contribution in [3.63, 3.8) is 0 Å². The lowest BCUT2D eigenvalue weighted by Gasteiger charge is -2.31. The number of carbonyl (C=O) groups excluding carboxylic acids is 2. The van der Waals surface area contributed by atoms with E-state index in [4.69, 9.17) is 11.6 Å². The summed E-state index contributed by atoms with van der Waals surface area (Å²) in [6, 6.07) is 11.0. The third-order valence-corrected chi connectivity index (χ3v) is 5.70. The average Bonchev–Trinajstić information content (AvgIpc) is 2.69. The summed E-state index contributed by atoms with van der Waals surface area (Å²) in [5.74, 6) is -0.721. The third-order valence-electron chi connectivity index (χ3n) is 4.26. The fraction of sp³-hybridized carbons (Fsp3) is 0.250. The second-order valence-corrected chi connectivity index (χ2v) is 7.99. The van der Waals surface area contributed by atoms with Crippen LogP contribution in [0.15, 0.2) is 53.5 Å². The van der Waals surface area contributed by atoms with Crippen LogP contribution in [0.25, 0.3) is 0 Å². The summed E-state index contributed by atoms with van der Waals surface area (Å²) < 4.78 is 38.9. The lowest BCUT2D eigenvalue weighted by molar-refractivity contribution is -0.137. The van der Waals surface area contributed by atoms with Crippen molar-refractivity contribution in [2.75, 3.05) is 11.9 Å². The number of hydrogen-bond acceptors (Lipinski definition) is 4. The summed E-state index contributed by atoms with van der Waals surface area (Å²) in [6.07, 6.45) is -4.54. The third kappa shape index (κ3) is 5.34. The van der Waals surface area contributed by atoms with Crippen LogP contribution in [0.3, 0.4) is 0 Å². The number of halogens is 4. The van der Waals surface area contributed by atoms with Crippen LogP contribution in [0.2, 0.25) is 5.02 Å². The van der Waals surface area contributed by atoms with Gasteiger partial charge in [0.25, 0.3) is 0 Å². The SMILES string of the molecule is CCN1C(=O)CC(C(=O)Nc2ccc(Cl)cc2)SC1=Nc1cccc(C(F)(F)F)c1. The van der Waals surface area contributed by atoms with Crippen LogP contribution in [-0.4, -0.2) is 33.7 Å². The molecule has 0 bridgehead atoms. The van der Waals surface area contributed by atoms with Crippen molar-refractivity contribution in [3.05, 3.63) is 59.1 Å². The Morgan fingerprint density at radius 2 is 1.97 bits per heavy atom. The second-order valence-electron chi connectivity index (χ2n) is 6.39. The molecule has 1 unspecified atom stereocenters. The van der Waals surface area contributed by atoms with Crippen LogP contribution in [0.4, 0.5) is 24.5 Å². The lowest BCUT2D eigenvalue weighted by Crippen LogP contribution is -2.45. The van der Waals surface area contributed by atoms with Crippen molar-refractivity contribution in [3.8, 4) is 0 Å². The first kappa shape index (κ1) is 22.2. The minimum atomic E-state index is -4.50. The molecule has 2 aromatic carbocycles. The molecule has 2 aromatic rings. The fourth-order valence-electron chi connectivity index (χ4n) is 2.77. The summed E-state index contributed by atoms with van der Waals surface area (Å²) in [5, 5.41) is 2.65. The molecule has 2 amide bonds. The normalized spacial score (nSPS) is 18.6. The van der Waals surface area contributed by atoms with Gasteiger partial charge in [-0.1, -0.05) is 29.4 Å². The van der Waals surface area contributed by atoms with E-state index in [2.05, 4.69) is 10.3 Å². The number of aliphatic imine (C=N–C) groups is 1. The standard InChI is InChI=1S/C20H17ClF3N3O2S/c1-2-27-17(28)11-16(18(29)25-14-8-6-13(21)7-9-14)30-19(27)26-15-5-3-4-12(10-15)20(22,23)24/h3-10,16H,2,11H2,1H3,(H,25,29).